The van der Waals surface area contributed by atoms with Crippen LogP contribution in [0, 0.1) is 13.8 Å². The van der Waals surface area contributed by atoms with Gasteiger partial charge < -0.3 is 14.8 Å². The highest BCUT2D eigenvalue weighted by atomic mass is 16.2. The summed E-state index contributed by atoms with van der Waals surface area (Å²) in [6.45, 7) is 7.77. The van der Waals surface area contributed by atoms with E-state index in [-0.39, 0.29) is 5.91 Å². The van der Waals surface area contributed by atoms with E-state index in [0.717, 1.165) is 38.1 Å². The first-order valence-electron chi connectivity index (χ1n) is 9.77. The summed E-state index contributed by atoms with van der Waals surface area (Å²) >= 11 is 0. The molecular weight excluding hydrogens is 334 g/mol. The molecule has 2 heterocycles. The Morgan fingerprint density at radius 2 is 1.78 bits per heavy atom. The minimum atomic E-state index is 0.267. The number of carbonyl (C=O) groups is 1. The predicted octanol–water partition coefficient (Wildman–Crippen LogP) is 4.07. The third kappa shape index (κ3) is 3.57. The summed E-state index contributed by atoms with van der Waals surface area (Å²) in [6.07, 6.45) is 3.33. The van der Waals surface area contributed by atoms with Crippen LogP contribution in [0.15, 0.2) is 48.7 Å². The average molecular weight is 361 g/mol. The topological polar surface area (TPSA) is 39.3 Å². The lowest BCUT2D eigenvalue weighted by Crippen LogP contribution is -2.49. The Kier molecular flexibility index (Phi) is 4.88. The van der Waals surface area contributed by atoms with Gasteiger partial charge in [0, 0.05) is 55.4 Å². The lowest BCUT2D eigenvalue weighted by Gasteiger charge is -2.37. The second kappa shape index (κ2) is 7.47. The van der Waals surface area contributed by atoms with Gasteiger partial charge in [-0.3, -0.25) is 4.79 Å². The summed E-state index contributed by atoms with van der Waals surface area (Å²) in [5.41, 5.74) is 6.36. The van der Waals surface area contributed by atoms with Crippen molar-refractivity contribution in [2.45, 2.75) is 26.7 Å². The van der Waals surface area contributed by atoms with E-state index in [1.807, 2.05) is 11.1 Å². The van der Waals surface area contributed by atoms with Crippen LogP contribution in [0.5, 0.6) is 0 Å². The van der Waals surface area contributed by atoms with Gasteiger partial charge in [-0.2, -0.15) is 0 Å². The van der Waals surface area contributed by atoms with Gasteiger partial charge in [0.05, 0.1) is 0 Å². The molecule has 0 bridgehead atoms. The Balaban J connectivity index is 1.35. The van der Waals surface area contributed by atoms with Gasteiger partial charge in [-0.15, -0.1) is 0 Å². The molecule has 1 fully saturated rings. The summed E-state index contributed by atoms with van der Waals surface area (Å²) < 4.78 is 0. The highest BCUT2D eigenvalue weighted by Crippen LogP contribution is 2.24. The summed E-state index contributed by atoms with van der Waals surface area (Å²) in [5.74, 6) is 0.267. The molecule has 3 aromatic rings. The van der Waals surface area contributed by atoms with Crippen molar-refractivity contribution in [1.29, 1.82) is 0 Å². The van der Waals surface area contributed by atoms with Crippen LogP contribution < -0.4 is 4.90 Å². The number of hydrogen-bond acceptors (Lipinski definition) is 2. The third-order valence-electron chi connectivity index (χ3n) is 5.84. The number of aryl methyl sites for hydroxylation is 2. The summed E-state index contributed by atoms with van der Waals surface area (Å²) in [5, 5.41) is 1.23. The number of nitrogens with zero attached hydrogens (tertiary/aromatic N) is 2. The van der Waals surface area contributed by atoms with E-state index in [2.05, 4.69) is 66.2 Å². The van der Waals surface area contributed by atoms with E-state index in [4.69, 9.17) is 0 Å². The van der Waals surface area contributed by atoms with Crippen molar-refractivity contribution < 1.29 is 4.79 Å². The molecule has 1 aromatic heterocycles. The summed E-state index contributed by atoms with van der Waals surface area (Å²) in [7, 11) is 0. The van der Waals surface area contributed by atoms with Crippen molar-refractivity contribution in [3.05, 3.63) is 65.4 Å². The first-order chi connectivity index (χ1) is 13.1. The minimum Gasteiger partial charge on any atom is -0.368 e. The van der Waals surface area contributed by atoms with Crippen LogP contribution in [0.2, 0.25) is 0 Å². The van der Waals surface area contributed by atoms with E-state index in [0.29, 0.717) is 6.42 Å². The van der Waals surface area contributed by atoms with Crippen molar-refractivity contribution in [3.8, 4) is 0 Å². The molecule has 27 heavy (non-hydrogen) atoms. The molecule has 1 aliphatic rings. The van der Waals surface area contributed by atoms with Gasteiger partial charge in [0.25, 0.3) is 0 Å². The maximum absolute atomic E-state index is 12.7. The van der Waals surface area contributed by atoms with Crippen molar-refractivity contribution in [1.82, 2.24) is 9.88 Å². The lowest BCUT2D eigenvalue weighted by atomic mass is 10.0. The Labute approximate surface area is 160 Å². The molecule has 4 nitrogen and oxygen atoms in total. The molecule has 1 amide bonds. The molecule has 1 saturated heterocycles. The zero-order valence-electron chi connectivity index (χ0n) is 16.2. The number of fused-ring (bicyclic) bond motifs is 1. The van der Waals surface area contributed by atoms with Crippen LogP contribution >= 0.6 is 0 Å². The number of benzene rings is 2. The standard InChI is InChI=1S/C23H27N3O/c1-17-5-3-8-22(18(17)2)25-13-15-26(16-14-25)23(27)10-9-19-6-4-7-21-20(19)11-12-24-21/h3-8,11-12,24H,9-10,13-16H2,1-2H3. The Morgan fingerprint density at radius 3 is 2.59 bits per heavy atom. The normalized spacial score (nSPS) is 14.7. The van der Waals surface area contributed by atoms with E-state index < -0.39 is 0 Å². The van der Waals surface area contributed by atoms with E-state index >= 15 is 0 Å². The van der Waals surface area contributed by atoms with Gasteiger partial charge >= 0.3 is 0 Å². The molecule has 140 valence electrons. The molecule has 0 saturated carbocycles. The quantitative estimate of drug-likeness (QED) is 0.761. The molecule has 4 rings (SSSR count). The van der Waals surface area contributed by atoms with Gasteiger partial charge in [0.2, 0.25) is 5.91 Å². The fourth-order valence-electron chi connectivity index (χ4n) is 4.04. The molecule has 0 radical (unpaired) electrons. The number of rotatable bonds is 4. The highest BCUT2D eigenvalue weighted by Gasteiger charge is 2.22. The Hall–Kier alpha value is -2.75. The van der Waals surface area contributed by atoms with Gasteiger partial charge in [-0.25, -0.2) is 0 Å². The third-order valence-corrected chi connectivity index (χ3v) is 5.84. The number of H-pyrrole nitrogens is 1. The maximum atomic E-state index is 12.7. The fourth-order valence-corrected chi connectivity index (χ4v) is 4.04. The molecule has 0 spiro atoms. The number of carbonyl (C=O) groups excluding carboxylic acids is 1. The van der Waals surface area contributed by atoms with Crippen LogP contribution in [0.1, 0.15) is 23.1 Å². The van der Waals surface area contributed by atoms with Crippen molar-refractivity contribution in [3.63, 3.8) is 0 Å². The minimum absolute atomic E-state index is 0.267. The van der Waals surface area contributed by atoms with Crippen LogP contribution in [-0.2, 0) is 11.2 Å². The Bertz CT molecular complexity index is 951. The number of nitrogens with one attached hydrogen (secondary N) is 1. The summed E-state index contributed by atoms with van der Waals surface area (Å²) in [6, 6.07) is 14.8. The summed E-state index contributed by atoms with van der Waals surface area (Å²) in [4.78, 5) is 20.4. The van der Waals surface area contributed by atoms with Crippen molar-refractivity contribution in [2.75, 3.05) is 31.1 Å². The van der Waals surface area contributed by atoms with Gasteiger partial charge in [-0.1, -0.05) is 24.3 Å². The molecule has 1 N–H and O–H groups in total. The zero-order chi connectivity index (χ0) is 18.8. The number of piperazine rings is 1. The predicted molar refractivity (Wildman–Crippen MR) is 111 cm³/mol. The van der Waals surface area contributed by atoms with E-state index in [9.17, 15) is 4.79 Å². The molecular formula is C23H27N3O. The first kappa shape index (κ1) is 17.7. The van der Waals surface area contributed by atoms with Crippen LogP contribution in [-0.4, -0.2) is 42.0 Å². The second-order valence-electron chi connectivity index (χ2n) is 7.44. The molecule has 0 unspecified atom stereocenters. The zero-order valence-corrected chi connectivity index (χ0v) is 16.2. The largest absolute Gasteiger partial charge is 0.368 e. The van der Waals surface area contributed by atoms with Crippen molar-refractivity contribution >= 4 is 22.5 Å². The molecule has 4 heteroatoms. The highest BCUT2D eigenvalue weighted by molar-refractivity contribution is 5.84. The van der Waals surface area contributed by atoms with Gasteiger partial charge in [0.1, 0.15) is 0 Å². The van der Waals surface area contributed by atoms with Crippen LogP contribution in [0.3, 0.4) is 0 Å². The second-order valence-corrected chi connectivity index (χ2v) is 7.44. The SMILES string of the molecule is Cc1cccc(N2CCN(C(=O)CCc3cccc4[nH]ccc34)CC2)c1C. The van der Waals surface area contributed by atoms with Crippen LogP contribution in [0.4, 0.5) is 5.69 Å². The lowest BCUT2D eigenvalue weighted by molar-refractivity contribution is -0.131. The van der Waals surface area contributed by atoms with Gasteiger partial charge in [-0.05, 0) is 55.2 Å². The van der Waals surface area contributed by atoms with Gasteiger partial charge in [0.15, 0.2) is 0 Å². The average Bonchev–Trinajstić information content (AvgIpc) is 3.18. The number of amides is 1. The maximum Gasteiger partial charge on any atom is 0.223 e. The molecule has 0 aliphatic carbocycles. The molecule has 1 aliphatic heterocycles. The monoisotopic (exact) mass is 361 g/mol. The fraction of sp³-hybridized carbons (Fsp3) is 0.348. The molecule has 2 aromatic carbocycles. The van der Waals surface area contributed by atoms with E-state index in [1.165, 1.54) is 27.8 Å². The van der Waals surface area contributed by atoms with Crippen molar-refractivity contribution in [2.24, 2.45) is 0 Å². The first-order valence-corrected chi connectivity index (χ1v) is 9.77. The number of anilines is 1. The number of aromatic nitrogens is 1. The van der Waals surface area contributed by atoms with E-state index in [1.54, 1.807) is 0 Å². The number of aromatic amines is 1. The smallest absolute Gasteiger partial charge is 0.223 e. The Morgan fingerprint density at radius 1 is 1.00 bits per heavy atom. The number of hydrogen-bond donors (Lipinski definition) is 1. The van der Waals surface area contributed by atoms with Crippen LogP contribution in [0.25, 0.3) is 10.9 Å². The molecule has 0 atom stereocenters.